The van der Waals surface area contributed by atoms with Crippen molar-refractivity contribution in [1.82, 2.24) is 10.2 Å². The lowest BCUT2D eigenvalue weighted by Gasteiger charge is -2.15. The monoisotopic (exact) mass is 275 g/mol. The van der Waals surface area contributed by atoms with Gasteiger partial charge in [0.25, 0.3) is 5.91 Å². The van der Waals surface area contributed by atoms with Crippen LogP contribution >= 0.6 is 0 Å². The maximum atomic E-state index is 11.9. The molecule has 0 aromatic heterocycles. The Kier molecular flexibility index (Phi) is 5.01. The number of carbonyl (C=O) groups excluding carboxylic acids is 1. The third-order valence-electron chi connectivity index (χ3n) is 3.92. The number of anilines is 1. The highest BCUT2D eigenvalue weighted by Gasteiger charge is 2.25. The molecule has 1 amide bonds. The Morgan fingerprint density at radius 1 is 1.45 bits per heavy atom. The molecular formula is C16H25N3O. The predicted molar refractivity (Wildman–Crippen MR) is 83.2 cm³/mol. The van der Waals surface area contributed by atoms with Gasteiger partial charge >= 0.3 is 0 Å². The Morgan fingerprint density at radius 2 is 2.25 bits per heavy atom. The summed E-state index contributed by atoms with van der Waals surface area (Å²) in [7, 11) is 2.15. The quantitative estimate of drug-likeness (QED) is 0.867. The van der Waals surface area contributed by atoms with Gasteiger partial charge in [0.2, 0.25) is 0 Å². The van der Waals surface area contributed by atoms with Crippen molar-refractivity contribution in [3.63, 3.8) is 0 Å². The Balaban J connectivity index is 1.97. The number of hydrogen-bond acceptors (Lipinski definition) is 3. The molecule has 2 atom stereocenters. The summed E-state index contributed by atoms with van der Waals surface area (Å²) in [6.07, 6.45) is 2.10. The van der Waals surface area contributed by atoms with Crippen molar-refractivity contribution in [2.24, 2.45) is 0 Å². The SMILES string of the molecule is CCCNC(=O)c1cccc(NC2CC(C)N(C)C2)c1. The zero-order chi connectivity index (χ0) is 14.5. The summed E-state index contributed by atoms with van der Waals surface area (Å²) in [6.45, 7) is 6.07. The second kappa shape index (κ2) is 6.75. The molecule has 1 fully saturated rings. The Hall–Kier alpha value is -1.55. The van der Waals surface area contributed by atoms with Gasteiger partial charge in [-0.1, -0.05) is 13.0 Å². The number of hydrogen-bond donors (Lipinski definition) is 2. The fraction of sp³-hybridized carbons (Fsp3) is 0.562. The van der Waals surface area contributed by atoms with E-state index in [9.17, 15) is 4.79 Å². The van der Waals surface area contributed by atoms with Crippen molar-refractivity contribution in [1.29, 1.82) is 0 Å². The van der Waals surface area contributed by atoms with Crippen LogP contribution in [0, 0.1) is 0 Å². The number of amides is 1. The summed E-state index contributed by atoms with van der Waals surface area (Å²) in [5, 5.41) is 6.44. The summed E-state index contributed by atoms with van der Waals surface area (Å²) in [5.41, 5.74) is 1.75. The second-order valence-electron chi connectivity index (χ2n) is 5.70. The fourth-order valence-electron chi connectivity index (χ4n) is 2.62. The number of carbonyl (C=O) groups is 1. The molecule has 20 heavy (non-hydrogen) atoms. The van der Waals surface area contributed by atoms with Crippen LogP contribution in [-0.2, 0) is 0 Å². The maximum Gasteiger partial charge on any atom is 0.251 e. The molecule has 4 nitrogen and oxygen atoms in total. The molecule has 2 rings (SSSR count). The molecule has 2 N–H and O–H groups in total. The predicted octanol–water partition coefficient (Wildman–Crippen LogP) is 2.33. The molecule has 1 aliphatic rings. The minimum absolute atomic E-state index is 0.00686. The molecule has 0 bridgehead atoms. The lowest BCUT2D eigenvalue weighted by molar-refractivity contribution is 0.0953. The molecule has 0 aliphatic carbocycles. The minimum Gasteiger partial charge on any atom is -0.381 e. The number of likely N-dealkylation sites (tertiary alicyclic amines) is 1. The van der Waals surface area contributed by atoms with E-state index in [0.717, 1.165) is 37.2 Å². The van der Waals surface area contributed by atoms with Gasteiger partial charge in [-0.3, -0.25) is 4.79 Å². The van der Waals surface area contributed by atoms with Crippen molar-refractivity contribution in [2.75, 3.05) is 25.5 Å². The molecule has 110 valence electrons. The van der Waals surface area contributed by atoms with E-state index < -0.39 is 0 Å². The summed E-state index contributed by atoms with van der Waals surface area (Å²) in [4.78, 5) is 14.3. The van der Waals surface area contributed by atoms with E-state index >= 15 is 0 Å². The van der Waals surface area contributed by atoms with Crippen LogP contribution < -0.4 is 10.6 Å². The van der Waals surface area contributed by atoms with Gasteiger partial charge in [-0.05, 0) is 45.0 Å². The molecule has 0 spiro atoms. The van der Waals surface area contributed by atoms with E-state index in [2.05, 4.69) is 36.4 Å². The fourth-order valence-corrected chi connectivity index (χ4v) is 2.62. The van der Waals surface area contributed by atoms with Crippen molar-refractivity contribution >= 4 is 11.6 Å². The topological polar surface area (TPSA) is 44.4 Å². The first-order chi connectivity index (χ1) is 9.60. The minimum atomic E-state index is 0.00686. The van der Waals surface area contributed by atoms with Crippen molar-refractivity contribution in [3.05, 3.63) is 29.8 Å². The average molecular weight is 275 g/mol. The van der Waals surface area contributed by atoms with E-state index in [1.807, 2.05) is 24.3 Å². The van der Waals surface area contributed by atoms with Crippen LogP contribution in [0.2, 0.25) is 0 Å². The molecule has 0 saturated carbocycles. The Bertz CT molecular complexity index is 451. The van der Waals surface area contributed by atoms with Gasteiger partial charge < -0.3 is 15.5 Å². The van der Waals surface area contributed by atoms with Gasteiger partial charge in [0.1, 0.15) is 0 Å². The molecule has 1 heterocycles. The van der Waals surface area contributed by atoms with Crippen LogP contribution in [0.1, 0.15) is 37.0 Å². The molecule has 1 saturated heterocycles. The third kappa shape index (κ3) is 3.73. The normalized spacial score (nSPS) is 22.8. The second-order valence-corrected chi connectivity index (χ2v) is 5.70. The number of nitrogens with zero attached hydrogens (tertiary/aromatic N) is 1. The molecular weight excluding hydrogens is 250 g/mol. The van der Waals surface area contributed by atoms with Crippen molar-refractivity contribution in [3.8, 4) is 0 Å². The molecule has 1 aromatic rings. The van der Waals surface area contributed by atoms with Crippen LogP contribution in [0.25, 0.3) is 0 Å². The summed E-state index contributed by atoms with van der Waals surface area (Å²) in [6, 6.07) is 8.84. The summed E-state index contributed by atoms with van der Waals surface area (Å²) in [5.74, 6) is 0.00686. The Labute approximate surface area is 121 Å². The standard InChI is InChI=1S/C16H25N3O/c1-4-8-17-16(20)13-6-5-7-14(10-13)18-15-9-12(2)19(3)11-15/h5-7,10,12,15,18H,4,8-9,11H2,1-3H3,(H,17,20). The van der Waals surface area contributed by atoms with Gasteiger partial charge in [0.15, 0.2) is 0 Å². The smallest absolute Gasteiger partial charge is 0.251 e. The molecule has 1 aromatic carbocycles. The highest BCUT2D eigenvalue weighted by atomic mass is 16.1. The summed E-state index contributed by atoms with van der Waals surface area (Å²) >= 11 is 0. The average Bonchev–Trinajstić information content (AvgIpc) is 2.75. The van der Waals surface area contributed by atoms with Crippen LogP contribution in [-0.4, -0.2) is 43.0 Å². The lowest BCUT2D eigenvalue weighted by Crippen LogP contribution is -2.25. The third-order valence-corrected chi connectivity index (χ3v) is 3.92. The van der Waals surface area contributed by atoms with E-state index in [0.29, 0.717) is 12.1 Å². The first kappa shape index (κ1) is 14.9. The molecule has 4 heteroatoms. The first-order valence-electron chi connectivity index (χ1n) is 7.45. The van der Waals surface area contributed by atoms with Crippen molar-refractivity contribution < 1.29 is 4.79 Å². The summed E-state index contributed by atoms with van der Waals surface area (Å²) < 4.78 is 0. The number of nitrogens with one attached hydrogen (secondary N) is 2. The van der Waals surface area contributed by atoms with E-state index in [4.69, 9.17) is 0 Å². The zero-order valence-corrected chi connectivity index (χ0v) is 12.6. The molecule has 1 aliphatic heterocycles. The van der Waals surface area contributed by atoms with Crippen LogP contribution in [0.15, 0.2) is 24.3 Å². The van der Waals surface area contributed by atoms with Crippen LogP contribution in [0.4, 0.5) is 5.69 Å². The highest BCUT2D eigenvalue weighted by molar-refractivity contribution is 5.95. The van der Waals surface area contributed by atoms with E-state index in [1.54, 1.807) is 0 Å². The maximum absolute atomic E-state index is 11.9. The number of benzene rings is 1. The molecule has 0 radical (unpaired) electrons. The van der Waals surface area contributed by atoms with Gasteiger partial charge in [0.05, 0.1) is 0 Å². The highest BCUT2D eigenvalue weighted by Crippen LogP contribution is 2.20. The van der Waals surface area contributed by atoms with Gasteiger partial charge in [-0.2, -0.15) is 0 Å². The van der Waals surface area contributed by atoms with Crippen LogP contribution in [0.5, 0.6) is 0 Å². The first-order valence-corrected chi connectivity index (χ1v) is 7.45. The van der Waals surface area contributed by atoms with E-state index in [-0.39, 0.29) is 5.91 Å². The zero-order valence-electron chi connectivity index (χ0n) is 12.6. The van der Waals surface area contributed by atoms with Crippen LogP contribution in [0.3, 0.4) is 0 Å². The molecule has 2 unspecified atom stereocenters. The van der Waals surface area contributed by atoms with Gasteiger partial charge in [-0.25, -0.2) is 0 Å². The van der Waals surface area contributed by atoms with Crippen molar-refractivity contribution in [2.45, 2.75) is 38.8 Å². The largest absolute Gasteiger partial charge is 0.381 e. The van der Waals surface area contributed by atoms with E-state index in [1.165, 1.54) is 0 Å². The van der Waals surface area contributed by atoms with Gasteiger partial charge in [-0.15, -0.1) is 0 Å². The lowest BCUT2D eigenvalue weighted by atomic mass is 10.1. The van der Waals surface area contributed by atoms with Gasteiger partial charge in [0, 0.05) is 36.4 Å². The number of likely N-dealkylation sites (N-methyl/N-ethyl adjacent to an activating group) is 1. The Morgan fingerprint density at radius 3 is 2.90 bits per heavy atom. The number of rotatable bonds is 5.